The summed E-state index contributed by atoms with van der Waals surface area (Å²) in [5, 5.41) is 0. The molecule has 0 saturated heterocycles. The van der Waals surface area contributed by atoms with Crippen LogP contribution >= 0.6 is 0 Å². The second-order valence-corrected chi connectivity index (χ2v) is 18.7. The lowest BCUT2D eigenvalue weighted by atomic mass is 9.97. The first kappa shape index (κ1) is 51.9. The Bertz CT molecular complexity index is 4040. The van der Waals surface area contributed by atoms with Gasteiger partial charge in [0.15, 0.2) is 11.6 Å². The number of halogens is 5. The number of aromatic nitrogens is 8. The van der Waals surface area contributed by atoms with Gasteiger partial charge in [-0.25, -0.2) is 28.7 Å². The largest absolute Gasteiger partial charge is 0.495 e. The Kier molecular flexibility index (Phi) is 14.3. The van der Waals surface area contributed by atoms with Crippen molar-refractivity contribution in [3.63, 3.8) is 0 Å². The molecule has 1 saturated carbocycles. The summed E-state index contributed by atoms with van der Waals surface area (Å²) in [5.74, 6) is 10.0. The molecule has 12 nitrogen and oxygen atoms in total. The molecule has 17 heteroatoms. The smallest absolute Gasteiger partial charge is 0.416 e. The van der Waals surface area contributed by atoms with E-state index in [1.807, 2.05) is 64.5 Å². The van der Waals surface area contributed by atoms with Crippen LogP contribution in [0.5, 0.6) is 11.5 Å². The minimum absolute atomic E-state index is 0.0585. The zero-order valence-corrected chi connectivity index (χ0v) is 42.5. The van der Waals surface area contributed by atoms with Crippen LogP contribution in [0.4, 0.5) is 22.0 Å². The van der Waals surface area contributed by atoms with Crippen LogP contribution in [-0.2, 0) is 24.9 Å². The Morgan fingerprint density at radius 2 is 1.10 bits per heavy atom. The molecular weight excluding hydrogens is 1000 g/mol. The fourth-order valence-electron chi connectivity index (χ4n) is 8.74. The number of ketones is 2. The van der Waals surface area contributed by atoms with E-state index in [0.29, 0.717) is 68.0 Å². The van der Waals surface area contributed by atoms with Gasteiger partial charge in [0.25, 0.3) is 5.92 Å². The Balaban J connectivity index is 0.000000177. The summed E-state index contributed by atoms with van der Waals surface area (Å²) in [6, 6.07) is 29.3. The molecule has 1 fully saturated rings. The van der Waals surface area contributed by atoms with Gasteiger partial charge in [-0.2, -0.15) is 13.2 Å². The van der Waals surface area contributed by atoms with E-state index in [0.717, 1.165) is 54.6 Å². The molecule has 0 amide bonds. The van der Waals surface area contributed by atoms with Crippen LogP contribution < -0.4 is 9.47 Å². The van der Waals surface area contributed by atoms with Crippen molar-refractivity contribution in [3.8, 4) is 46.6 Å². The van der Waals surface area contributed by atoms with E-state index in [1.165, 1.54) is 32.7 Å². The van der Waals surface area contributed by atoms with Crippen molar-refractivity contribution in [3.05, 3.63) is 226 Å². The van der Waals surface area contributed by atoms with Gasteiger partial charge in [0.05, 0.1) is 67.3 Å². The minimum atomic E-state index is -4.56. The molecule has 0 N–H and O–H groups in total. The Hall–Kier alpha value is -9.61. The molecule has 6 heterocycles. The molecular formula is C61H47F5N8O4. The number of rotatable bonds is 12. The molecule has 1 aliphatic rings. The Labute approximate surface area is 444 Å². The van der Waals surface area contributed by atoms with Crippen molar-refractivity contribution >= 4 is 22.9 Å². The number of aryl methyl sites for hydroxylation is 1. The molecule has 0 bridgehead atoms. The van der Waals surface area contributed by atoms with E-state index in [-0.39, 0.29) is 35.5 Å². The van der Waals surface area contributed by atoms with Crippen molar-refractivity contribution in [2.45, 2.75) is 57.5 Å². The predicted molar refractivity (Wildman–Crippen MR) is 283 cm³/mol. The number of methoxy groups -OCH3 is 2. The van der Waals surface area contributed by atoms with Gasteiger partial charge in [0, 0.05) is 78.5 Å². The summed E-state index contributed by atoms with van der Waals surface area (Å²) in [4.78, 5) is 43.7. The zero-order chi connectivity index (χ0) is 54.7. The fourth-order valence-corrected chi connectivity index (χ4v) is 8.74. The third-order valence-corrected chi connectivity index (χ3v) is 13.0. The molecule has 0 spiro atoms. The van der Waals surface area contributed by atoms with Crippen LogP contribution in [0.25, 0.3) is 22.7 Å². The van der Waals surface area contributed by atoms with Crippen molar-refractivity contribution in [1.82, 2.24) is 37.9 Å². The van der Waals surface area contributed by atoms with Crippen LogP contribution in [-0.4, -0.2) is 63.7 Å². The van der Waals surface area contributed by atoms with Crippen LogP contribution in [0, 0.1) is 30.6 Å². The molecule has 0 radical (unpaired) electrons. The fraction of sp³-hybridized carbons (Fsp3) is 0.180. The maximum Gasteiger partial charge on any atom is 0.416 e. The van der Waals surface area contributed by atoms with Crippen LogP contribution in [0.3, 0.4) is 0 Å². The monoisotopic (exact) mass is 1050 g/mol. The van der Waals surface area contributed by atoms with Crippen LogP contribution in [0.2, 0.25) is 0 Å². The highest BCUT2D eigenvalue weighted by molar-refractivity contribution is 5.99. The van der Waals surface area contributed by atoms with E-state index in [4.69, 9.17) is 9.47 Å². The molecule has 11 rings (SSSR count). The van der Waals surface area contributed by atoms with E-state index in [9.17, 15) is 31.5 Å². The summed E-state index contributed by atoms with van der Waals surface area (Å²) in [6.07, 6.45) is 10.9. The molecule has 0 aliphatic heterocycles. The van der Waals surface area contributed by atoms with E-state index in [2.05, 4.69) is 43.6 Å². The molecule has 1 aliphatic carbocycles. The highest BCUT2D eigenvalue weighted by Crippen LogP contribution is 2.40. The second kappa shape index (κ2) is 21.6. The topological polar surface area (TPSA) is 123 Å². The van der Waals surface area contributed by atoms with Gasteiger partial charge in [0.1, 0.15) is 34.2 Å². The van der Waals surface area contributed by atoms with Crippen molar-refractivity contribution in [2.75, 3.05) is 14.2 Å². The Morgan fingerprint density at radius 3 is 1.58 bits per heavy atom. The molecule has 10 aromatic rings. The summed E-state index contributed by atoms with van der Waals surface area (Å²) >= 11 is 0. The summed E-state index contributed by atoms with van der Waals surface area (Å²) in [7, 11) is 3.04. The van der Waals surface area contributed by atoms with E-state index in [1.54, 1.807) is 88.8 Å². The number of alkyl halides is 5. The number of benzene rings is 4. The number of Topliss-reactive ketones (excluding diaryl/α,β-unsaturated/α-hetero) is 2. The number of carbonyl (C=O) groups is 2. The lowest BCUT2D eigenvalue weighted by Gasteiger charge is -2.15. The molecule has 78 heavy (non-hydrogen) atoms. The SMILES string of the molecule is COc1ccc(C(=O)Cc2cc(-n3cnc(C)c3)cc(C(C)(F)F)c2)cc1C#Cc1cnc2ccccn12.COc1ccc(C(=O)Cc2cc(-n3cnc(C4CC4)c3)cc(C(F)(F)F)c2)cc1C#Cc1cnc2ccccn12. The molecule has 4 aromatic carbocycles. The average molecular weight is 1050 g/mol. The molecule has 0 unspecified atom stereocenters. The first-order valence-corrected chi connectivity index (χ1v) is 24.6. The third-order valence-electron chi connectivity index (χ3n) is 13.0. The standard InChI is InChI=1S/C31H23F3N4O2.C30H24F2N4O2/c1-40-29-10-8-22(15-23(29)7-9-25-17-35-30-4-2-3-11-38(25)30)28(39)14-20-12-24(31(32,33)34)16-26(13-20)37-18-27(36-19-37)21-5-6-21;1-20-18-35(19-34-20)26-13-21(12-24(16-26)30(2,31)32)14-27(37)22-8-10-28(38-3)23(15-22)7-9-25-17-33-29-6-4-5-11-36(25)29/h2-4,8,10-13,15-19,21H,5-6,14H2,1H3;4-6,8,10-13,15-19H,14H2,1-3H3. The number of nitrogens with zero attached hydrogens (tertiary/aromatic N) is 8. The average Bonchev–Trinajstić information content (AvgIpc) is 3.78. The number of hydrogen-bond acceptors (Lipinski definition) is 8. The summed E-state index contributed by atoms with van der Waals surface area (Å²) in [6.45, 7) is 2.66. The number of pyridine rings is 2. The van der Waals surface area contributed by atoms with Crippen molar-refractivity contribution in [2.24, 2.45) is 0 Å². The van der Waals surface area contributed by atoms with Gasteiger partial charge in [-0.3, -0.25) is 18.4 Å². The van der Waals surface area contributed by atoms with E-state index >= 15 is 0 Å². The summed E-state index contributed by atoms with van der Waals surface area (Å²) in [5.41, 5.74) is 6.82. The number of imidazole rings is 4. The number of carbonyl (C=O) groups excluding carboxylic acids is 2. The quantitative estimate of drug-likeness (QED) is 0.0673. The lowest BCUT2D eigenvalue weighted by molar-refractivity contribution is -0.137. The zero-order valence-electron chi connectivity index (χ0n) is 42.5. The maximum absolute atomic E-state index is 14.3. The molecule has 390 valence electrons. The molecule has 0 atom stereocenters. The van der Waals surface area contributed by atoms with Gasteiger partial charge in [0.2, 0.25) is 0 Å². The van der Waals surface area contributed by atoms with Crippen LogP contribution in [0.15, 0.2) is 159 Å². The van der Waals surface area contributed by atoms with Gasteiger partial charge < -0.3 is 18.6 Å². The first-order chi connectivity index (χ1) is 37.5. The van der Waals surface area contributed by atoms with E-state index < -0.39 is 17.7 Å². The number of ether oxygens (including phenoxy) is 2. The second-order valence-electron chi connectivity index (χ2n) is 18.7. The van der Waals surface area contributed by atoms with Gasteiger partial charge in [-0.1, -0.05) is 24.0 Å². The highest BCUT2D eigenvalue weighted by Gasteiger charge is 2.32. The predicted octanol–water partition coefficient (Wildman–Crippen LogP) is 12.0. The van der Waals surface area contributed by atoms with Crippen molar-refractivity contribution in [1.29, 1.82) is 0 Å². The minimum Gasteiger partial charge on any atom is -0.495 e. The first-order valence-electron chi connectivity index (χ1n) is 24.6. The highest BCUT2D eigenvalue weighted by atomic mass is 19.4. The van der Waals surface area contributed by atoms with Gasteiger partial charge in [-0.05, 0) is 140 Å². The van der Waals surface area contributed by atoms with Gasteiger partial charge in [-0.15, -0.1) is 0 Å². The van der Waals surface area contributed by atoms with Gasteiger partial charge >= 0.3 is 6.18 Å². The normalized spacial score (nSPS) is 12.3. The Morgan fingerprint density at radius 1 is 0.603 bits per heavy atom. The number of fused-ring (bicyclic) bond motifs is 2. The maximum atomic E-state index is 14.3. The van der Waals surface area contributed by atoms with Crippen LogP contribution in [0.1, 0.15) is 103 Å². The number of hydrogen-bond donors (Lipinski definition) is 0. The molecule has 6 aromatic heterocycles. The van der Waals surface area contributed by atoms with Crippen molar-refractivity contribution < 1.29 is 41.0 Å². The third kappa shape index (κ3) is 11.8. The lowest BCUT2D eigenvalue weighted by Crippen LogP contribution is -2.11. The summed E-state index contributed by atoms with van der Waals surface area (Å²) < 4.78 is 87.7.